The van der Waals surface area contributed by atoms with E-state index in [2.05, 4.69) is 36.3 Å². The Bertz CT molecular complexity index is 850. The van der Waals surface area contributed by atoms with Gasteiger partial charge in [0, 0.05) is 10.4 Å². The molecule has 0 amide bonds. The zero-order valence-electron chi connectivity index (χ0n) is 13.2. The zero-order chi connectivity index (χ0) is 15.7. The number of methoxy groups -OCH3 is 1. The maximum atomic E-state index is 6.07. The molecule has 3 nitrogen and oxygen atoms in total. The fourth-order valence-electron chi connectivity index (χ4n) is 2.49. The smallest absolute Gasteiger partial charge is 0.142 e. The summed E-state index contributed by atoms with van der Waals surface area (Å²) in [6, 6.07) is 13.8. The van der Waals surface area contributed by atoms with Crippen molar-refractivity contribution in [3.8, 4) is 5.75 Å². The van der Waals surface area contributed by atoms with Gasteiger partial charge in [0.1, 0.15) is 11.6 Å². The number of nitrogens with zero attached hydrogens (tertiary/aromatic N) is 1. The molecule has 1 heterocycles. The third-order valence-electron chi connectivity index (χ3n) is 3.60. The van der Waals surface area contributed by atoms with Crippen LogP contribution in [-0.4, -0.2) is 12.1 Å². The summed E-state index contributed by atoms with van der Waals surface area (Å²) in [5, 5.41) is 5.11. The van der Waals surface area contributed by atoms with E-state index in [0.717, 1.165) is 22.8 Å². The van der Waals surface area contributed by atoms with Gasteiger partial charge in [-0.2, -0.15) is 0 Å². The third-order valence-corrected chi connectivity index (χ3v) is 3.83. The summed E-state index contributed by atoms with van der Waals surface area (Å²) in [6.45, 7) is 4.17. The largest absolute Gasteiger partial charge is 1.00 e. The van der Waals surface area contributed by atoms with Crippen molar-refractivity contribution in [2.75, 3.05) is 12.4 Å². The predicted molar refractivity (Wildman–Crippen MR) is 92.5 cm³/mol. The van der Waals surface area contributed by atoms with Gasteiger partial charge in [-0.15, -0.1) is 0 Å². The van der Waals surface area contributed by atoms with Gasteiger partial charge >= 0.3 is 0 Å². The Morgan fingerprint density at radius 3 is 2.57 bits per heavy atom. The minimum absolute atomic E-state index is 0. The van der Waals surface area contributed by atoms with Crippen molar-refractivity contribution < 1.29 is 17.1 Å². The summed E-state index contributed by atoms with van der Waals surface area (Å²) in [4.78, 5) is 4.67. The van der Waals surface area contributed by atoms with Crippen LogP contribution in [0.1, 0.15) is 11.1 Å². The fourth-order valence-corrected chi connectivity index (χ4v) is 2.66. The number of anilines is 2. The van der Waals surface area contributed by atoms with Crippen LogP contribution in [0.5, 0.6) is 5.75 Å². The highest BCUT2D eigenvalue weighted by atomic mass is 35.5. The first-order chi connectivity index (χ1) is 10.6. The molecule has 2 aromatic carbocycles. The molecule has 3 aromatic rings. The molecule has 0 aliphatic heterocycles. The van der Waals surface area contributed by atoms with Gasteiger partial charge in [0.05, 0.1) is 18.3 Å². The van der Waals surface area contributed by atoms with E-state index in [1.807, 2.05) is 24.3 Å². The van der Waals surface area contributed by atoms with E-state index >= 15 is 0 Å². The second-order valence-electron chi connectivity index (χ2n) is 5.31. The summed E-state index contributed by atoms with van der Waals surface area (Å²) in [5.74, 6) is 1.50. The second-order valence-corrected chi connectivity index (χ2v) is 5.75. The summed E-state index contributed by atoms with van der Waals surface area (Å²) in [6.07, 6.45) is 0. The highest BCUT2D eigenvalue weighted by molar-refractivity contribution is 6.31. The number of ether oxygens (including phenoxy) is 1. The Morgan fingerprint density at radius 2 is 1.83 bits per heavy atom. The van der Waals surface area contributed by atoms with Crippen LogP contribution in [0.2, 0.25) is 5.02 Å². The van der Waals surface area contributed by atoms with Crippen molar-refractivity contribution in [2.24, 2.45) is 0 Å². The van der Waals surface area contributed by atoms with E-state index in [1.165, 1.54) is 16.5 Å². The van der Waals surface area contributed by atoms with Gasteiger partial charge in [0.2, 0.25) is 0 Å². The molecule has 0 bridgehead atoms. The molecule has 120 valence electrons. The number of hydrogen-bond donors (Lipinski definition) is 1. The van der Waals surface area contributed by atoms with Crippen LogP contribution in [0.25, 0.3) is 10.9 Å². The van der Waals surface area contributed by atoms with Gasteiger partial charge in [-0.1, -0.05) is 23.2 Å². The highest BCUT2D eigenvalue weighted by Gasteiger charge is 2.07. The lowest BCUT2D eigenvalue weighted by molar-refractivity contribution is -0.00000477. The molecule has 5 heteroatoms. The molecule has 0 atom stereocenters. The first-order valence-electron chi connectivity index (χ1n) is 7.05. The quantitative estimate of drug-likeness (QED) is 0.789. The van der Waals surface area contributed by atoms with Gasteiger partial charge in [0.15, 0.2) is 0 Å². The average molecular weight is 348 g/mol. The van der Waals surface area contributed by atoms with Crippen LogP contribution < -0.4 is 22.5 Å². The normalized spacial score (nSPS) is 10.3. The van der Waals surface area contributed by atoms with Crippen LogP contribution in [0.4, 0.5) is 11.5 Å². The lowest BCUT2D eigenvalue weighted by atomic mass is 10.1. The van der Waals surface area contributed by atoms with Crippen LogP contribution >= 0.6 is 11.6 Å². The van der Waals surface area contributed by atoms with E-state index < -0.39 is 0 Å². The molecule has 1 aromatic heterocycles. The molecule has 23 heavy (non-hydrogen) atoms. The lowest BCUT2D eigenvalue weighted by Gasteiger charge is -2.13. The molecule has 0 saturated carbocycles. The fraction of sp³-hybridized carbons (Fsp3) is 0.167. The number of benzene rings is 2. The maximum Gasteiger partial charge on any atom is 0.142 e. The number of fused-ring (bicyclic) bond motifs is 1. The predicted octanol–water partition coefficient (Wildman–Crippen LogP) is 2.26. The molecule has 0 fully saturated rings. The highest BCUT2D eigenvalue weighted by Crippen LogP contribution is 2.31. The number of hydrogen-bond acceptors (Lipinski definition) is 3. The first-order valence-corrected chi connectivity index (χ1v) is 7.43. The minimum atomic E-state index is 0. The molecule has 0 aliphatic carbocycles. The van der Waals surface area contributed by atoms with E-state index in [-0.39, 0.29) is 12.4 Å². The van der Waals surface area contributed by atoms with E-state index in [1.54, 1.807) is 13.2 Å². The summed E-state index contributed by atoms with van der Waals surface area (Å²) in [5.41, 5.74) is 4.18. The van der Waals surface area contributed by atoms with E-state index in [4.69, 9.17) is 16.3 Å². The Morgan fingerprint density at radius 1 is 1.04 bits per heavy atom. The van der Waals surface area contributed by atoms with Crippen molar-refractivity contribution >= 4 is 34.0 Å². The van der Waals surface area contributed by atoms with Crippen molar-refractivity contribution in [3.63, 3.8) is 0 Å². The number of rotatable bonds is 3. The van der Waals surface area contributed by atoms with E-state index in [0.29, 0.717) is 5.02 Å². The van der Waals surface area contributed by atoms with Gasteiger partial charge in [0.25, 0.3) is 0 Å². The molecular weight excluding hydrogens is 331 g/mol. The average Bonchev–Trinajstić information content (AvgIpc) is 2.48. The van der Waals surface area contributed by atoms with Crippen LogP contribution in [-0.2, 0) is 0 Å². The monoisotopic (exact) mass is 347 g/mol. The van der Waals surface area contributed by atoms with Crippen LogP contribution in [0.3, 0.4) is 0 Å². The number of aromatic nitrogens is 1. The number of pyridine rings is 1. The first kappa shape index (κ1) is 17.4. The molecule has 0 aliphatic rings. The Kier molecular flexibility index (Phi) is 5.34. The summed E-state index contributed by atoms with van der Waals surface area (Å²) >= 11 is 6.07. The number of nitrogens with one attached hydrogen (secondary N) is 1. The Labute approximate surface area is 147 Å². The van der Waals surface area contributed by atoms with Crippen molar-refractivity contribution in [2.45, 2.75) is 13.8 Å². The van der Waals surface area contributed by atoms with Gasteiger partial charge in [-0.3, -0.25) is 0 Å². The molecule has 0 unspecified atom stereocenters. The number of aryl methyl sites for hydroxylation is 2. The molecule has 0 radical (unpaired) electrons. The molecular formula is C18H17Cl2N2O-. The lowest BCUT2D eigenvalue weighted by Crippen LogP contribution is -3.00. The summed E-state index contributed by atoms with van der Waals surface area (Å²) < 4.78 is 5.36. The van der Waals surface area contributed by atoms with Crippen molar-refractivity contribution in [3.05, 3.63) is 58.6 Å². The van der Waals surface area contributed by atoms with Crippen molar-refractivity contribution in [1.29, 1.82) is 0 Å². The Hall–Kier alpha value is -1.97. The maximum absolute atomic E-state index is 6.07. The number of halogens is 2. The minimum Gasteiger partial charge on any atom is -1.00 e. The third kappa shape index (κ3) is 3.69. The van der Waals surface area contributed by atoms with E-state index in [9.17, 15) is 0 Å². The second kappa shape index (κ2) is 7.07. The topological polar surface area (TPSA) is 34.1 Å². The molecule has 0 saturated heterocycles. The van der Waals surface area contributed by atoms with Crippen molar-refractivity contribution in [1.82, 2.24) is 4.98 Å². The Balaban J connectivity index is 0.00000192. The summed E-state index contributed by atoms with van der Waals surface area (Å²) in [7, 11) is 1.64. The SMILES string of the molecule is COc1ccc(Cl)cc1Nc1cc(C)c2cc(C)ccc2n1.[Cl-]. The van der Waals surface area contributed by atoms with Gasteiger partial charge < -0.3 is 22.5 Å². The molecule has 3 rings (SSSR count). The standard InChI is InChI=1S/C18H17ClN2O.ClH/c1-11-4-6-15-14(8-11)12(2)9-18(20-15)21-16-10-13(19)5-7-17(16)22-3;/h4-10H,1-3H3,(H,20,21);1H/p-1. The van der Waals surface area contributed by atoms with Gasteiger partial charge in [-0.05, 0) is 55.8 Å². The van der Waals surface area contributed by atoms with Gasteiger partial charge in [-0.25, -0.2) is 4.98 Å². The van der Waals surface area contributed by atoms with Crippen LogP contribution in [0, 0.1) is 13.8 Å². The molecule has 1 N–H and O–H groups in total. The van der Waals surface area contributed by atoms with Crippen LogP contribution in [0.15, 0.2) is 42.5 Å². The molecule has 0 spiro atoms. The zero-order valence-corrected chi connectivity index (χ0v) is 14.7.